The molecule has 0 spiro atoms. The van der Waals surface area contributed by atoms with E-state index in [-0.39, 0.29) is 17.9 Å². The highest BCUT2D eigenvalue weighted by Gasteiger charge is 2.17. The summed E-state index contributed by atoms with van der Waals surface area (Å²) in [5.41, 5.74) is 5.48. The molecule has 180 valence electrons. The van der Waals surface area contributed by atoms with Gasteiger partial charge in [0.25, 0.3) is 5.56 Å². The van der Waals surface area contributed by atoms with Crippen LogP contribution in [-0.4, -0.2) is 30.6 Å². The second kappa shape index (κ2) is 8.65. The van der Waals surface area contributed by atoms with Gasteiger partial charge >= 0.3 is 6.61 Å². The molecule has 0 aliphatic carbocycles. The number of hydrogen-bond acceptors (Lipinski definition) is 4. The van der Waals surface area contributed by atoms with Crippen molar-refractivity contribution in [2.24, 2.45) is 7.05 Å². The molecule has 0 N–H and O–H groups in total. The Bertz CT molecular complexity index is 1610. The van der Waals surface area contributed by atoms with Crippen molar-refractivity contribution in [3.05, 3.63) is 82.0 Å². The van der Waals surface area contributed by atoms with Crippen LogP contribution in [0.25, 0.3) is 27.7 Å². The Hall–Kier alpha value is -4.01. The molecule has 0 amide bonds. The number of ether oxygens (including phenoxy) is 1. The van der Waals surface area contributed by atoms with Gasteiger partial charge < -0.3 is 4.74 Å². The van der Waals surface area contributed by atoms with Gasteiger partial charge in [-0.25, -0.2) is 9.50 Å². The maximum absolute atomic E-state index is 13.0. The lowest BCUT2D eigenvalue weighted by Gasteiger charge is -2.15. The van der Waals surface area contributed by atoms with Gasteiger partial charge in [0.1, 0.15) is 5.75 Å². The molecule has 0 fully saturated rings. The zero-order valence-electron chi connectivity index (χ0n) is 19.9. The molecular weight excluding hydrogens is 452 g/mol. The first-order valence-electron chi connectivity index (χ1n) is 11.3. The lowest BCUT2D eigenvalue weighted by atomic mass is 10.1. The minimum atomic E-state index is -2.94. The molecule has 5 aromatic rings. The molecule has 0 unspecified atom stereocenters. The van der Waals surface area contributed by atoms with Crippen LogP contribution < -0.4 is 10.3 Å². The van der Waals surface area contributed by atoms with E-state index in [2.05, 4.69) is 23.9 Å². The van der Waals surface area contributed by atoms with E-state index in [4.69, 9.17) is 4.74 Å². The van der Waals surface area contributed by atoms with Gasteiger partial charge in [0.05, 0.1) is 35.5 Å². The van der Waals surface area contributed by atoms with Crippen molar-refractivity contribution in [3.63, 3.8) is 0 Å². The van der Waals surface area contributed by atoms with Crippen LogP contribution in [0, 0.1) is 6.92 Å². The number of aryl methyl sites for hydroxylation is 1. The molecule has 3 aromatic heterocycles. The van der Waals surface area contributed by atoms with Crippen LogP contribution in [0.3, 0.4) is 0 Å². The zero-order chi connectivity index (χ0) is 24.9. The number of hydrogen-bond donors (Lipinski definition) is 0. The largest absolute Gasteiger partial charge is 0.434 e. The Balaban J connectivity index is 1.61. The number of nitrogens with zero attached hydrogens (tertiary/aromatic N) is 5. The molecular formula is C26H25F2N5O2. The Morgan fingerprint density at radius 2 is 1.83 bits per heavy atom. The number of alkyl halides is 2. The summed E-state index contributed by atoms with van der Waals surface area (Å²) in [6, 6.07) is 12.6. The predicted molar refractivity (Wildman–Crippen MR) is 130 cm³/mol. The summed E-state index contributed by atoms with van der Waals surface area (Å²) in [6.07, 6.45) is 3.61. The summed E-state index contributed by atoms with van der Waals surface area (Å²) < 4.78 is 35.8. The van der Waals surface area contributed by atoms with E-state index in [1.165, 1.54) is 10.7 Å². The Morgan fingerprint density at radius 1 is 1.03 bits per heavy atom. The second-order valence-corrected chi connectivity index (χ2v) is 8.96. The number of benzene rings is 2. The van der Waals surface area contributed by atoms with Gasteiger partial charge in [0, 0.05) is 18.2 Å². The average molecular weight is 478 g/mol. The molecule has 5 rings (SSSR count). The topological polar surface area (TPSA) is 66.3 Å². The number of rotatable bonds is 6. The van der Waals surface area contributed by atoms with E-state index < -0.39 is 6.61 Å². The smallest absolute Gasteiger partial charge is 0.387 e. The van der Waals surface area contributed by atoms with Gasteiger partial charge in [0.15, 0.2) is 5.65 Å². The third-order valence-corrected chi connectivity index (χ3v) is 6.23. The molecule has 0 radical (unpaired) electrons. The lowest BCUT2D eigenvalue weighted by Crippen LogP contribution is -2.20. The molecule has 0 aliphatic rings. The SMILES string of the molecule is Cc1ccc(OC(F)F)c(Cn2c3cc(-c4cnn5c(C(C)C)cnc5c4)ccc3c(=O)n2C)c1. The average Bonchev–Trinajstić information content (AvgIpc) is 3.35. The first kappa shape index (κ1) is 22.8. The van der Waals surface area contributed by atoms with E-state index in [0.29, 0.717) is 22.4 Å². The van der Waals surface area contributed by atoms with E-state index in [1.54, 1.807) is 36.1 Å². The van der Waals surface area contributed by atoms with Gasteiger partial charge in [-0.3, -0.25) is 14.2 Å². The van der Waals surface area contributed by atoms with Crippen molar-refractivity contribution in [3.8, 4) is 16.9 Å². The van der Waals surface area contributed by atoms with Crippen molar-refractivity contribution in [1.29, 1.82) is 0 Å². The van der Waals surface area contributed by atoms with Crippen LogP contribution in [0.15, 0.2) is 59.7 Å². The maximum Gasteiger partial charge on any atom is 0.387 e. The molecule has 0 bridgehead atoms. The molecule has 2 aromatic carbocycles. The van der Waals surface area contributed by atoms with Crippen molar-refractivity contribution in [2.75, 3.05) is 0 Å². The number of halogens is 2. The second-order valence-electron chi connectivity index (χ2n) is 8.96. The van der Waals surface area contributed by atoms with Gasteiger partial charge in [-0.05, 0) is 42.7 Å². The first-order valence-corrected chi connectivity index (χ1v) is 11.3. The monoisotopic (exact) mass is 477 g/mol. The Morgan fingerprint density at radius 3 is 2.57 bits per heavy atom. The summed E-state index contributed by atoms with van der Waals surface area (Å²) >= 11 is 0. The number of imidazole rings is 1. The summed E-state index contributed by atoms with van der Waals surface area (Å²) in [7, 11) is 1.66. The summed E-state index contributed by atoms with van der Waals surface area (Å²) in [4.78, 5) is 17.4. The van der Waals surface area contributed by atoms with Gasteiger partial charge in [0.2, 0.25) is 0 Å². The van der Waals surface area contributed by atoms with Crippen molar-refractivity contribution in [2.45, 2.75) is 39.8 Å². The van der Waals surface area contributed by atoms with E-state index in [0.717, 1.165) is 28.0 Å². The molecule has 9 heteroatoms. The summed E-state index contributed by atoms with van der Waals surface area (Å²) in [5, 5.41) is 5.11. The number of aromatic nitrogens is 5. The normalized spacial score (nSPS) is 11.9. The fourth-order valence-corrected chi connectivity index (χ4v) is 4.39. The number of fused-ring (bicyclic) bond motifs is 2. The standard InChI is InChI=1S/C26H25F2N5O2/c1-15(2)22-13-29-24-11-18(12-30-33(22)24)17-6-7-20-21(10-17)32(31(4)25(20)34)14-19-9-16(3)5-8-23(19)35-26(27)28/h5-13,15,26H,14H2,1-4H3. The van der Waals surface area contributed by atoms with E-state index in [1.807, 2.05) is 35.8 Å². The van der Waals surface area contributed by atoms with Crippen LogP contribution in [-0.2, 0) is 13.6 Å². The molecule has 7 nitrogen and oxygen atoms in total. The van der Waals surface area contributed by atoms with Crippen LogP contribution in [0.5, 0.6) is 5.75 Å². The van der Waals surface area contributed by atoms with Gasteiger partial charge in [-0.15, -0.1) is 0 Å². The molecule has 0 aliphatic heterocycles. The van der Waals surface area contributed by atoms with Gasteiger partial charge in [-0.2, -0.15) is 13.9 Å². The molecule has 0 atom stereocenters. The van der Waals surface area contributed by atoms with Crippen LogP contribution in [0.2, 0.25) is 0 Å². The van der Waals surface area contributed by atoms with Crippen LogP contribution >= 0.6 is 0 Å². The highest BCUT2D eigenvalue weighted by atomic mass is 19.3. The molecule has 0 saturated carbocycles. The maximum atomic E-state index is 13.0. The summed E-state index contributed by atoms with van der Waals surface area (Å²) in [5.74, 6) is 0.380. The highest BCUT2D eigenvalue weighted by molar-refractivity contribution is 5.85. The lowest BCUT2D eigenvalue weighted by molar-refractivity contribution is -0.0505. The first-order chi connectivity index (χ1) is 16.7. The van der Waals surface area contributed by atoms with Gasteiger partial charge in [-0.1, -0.05) is 37.6 Å². The fourth-order valence-electron chi connectivity index (χ4n) is 4.39. The van der Waals surface area contributed by atoms with E-state index >= 15 is 0 Å². The van der Waals surface area contributed by atoms with Crippen LogP contribution in [0.4, 0.5) is 8.78 Å². The van der Waals surface area contributed by atoms with Crippen LogP contribution in [0.1, 0.15) is 36.6 Å². The molecule has 0 saturated heterocycles. The Labute approximate surface area is 200 Å². The fraction of sp³-hybridized carbons (Fsp3) is 0.269. The molecule has 3 heterocycles. The van der Waals surface area contributed by atoms with Crippen molar-refractivity contribution in [1.82, 2.24) is 24.0 Å². The third-order valence-electron chi connectivity index (χ3n) is 6.23. The Kier molecular flexibility index (Phi) is 5.62. The third kappa shape index (κ3) is 4.07. The van der Waals surface area contributed by atoms with E-state index in [9.17, 15) is 13.6 Å². The van der Waals surface area contributed by atoms with Crippen molar-refractivity contribution >= 4 is 16.6 Å². The highest BCUT2D eigenvalue weighted by Crippen LogP contribution is 2.28. The zero-order valence-corrected chi connectivity index (χ0v) is 19.9. The minimum absolute atomic E-state index is 0.0889. The summed E-state index contributed by atoms with van der Waals surface area (Å²) in [6.45, 7) is 3.32. The quantitative estimate of drug-likeness (QED) is 0.340. The van der Waals surface area contributed by atoms with Crippen molar-refractivity contribution < 1.29 is 13.5 Å². The predicted octanol–water partition coefficient (Wildman–Crippen LogP) is 5.13. The molecule has 35 heavy (non-hydrogen) atoms. The minimum Gasteiger partial charge on any atom is -0.434 e.